The zero-order chi connectivity index (χ0) is 47.7. The van der Waals surface area contributed by atoms with E-state index >= 15 is 0 Å². The molecule has 4 heterocycles. The standard InChI is InChI=1S/C67H39N5O/c1-2-20-49(21-3-1)71-57-25-13-12-24-52(57)53-31-29-47(38-58(53)71)66-68-65(46-27-26-40-14-4-5-17-43(40)34-46)69-67(70-66)48-36-56-62-50-22-10-8-15-41(50)30-33-61(62)73-64(56)60(39-48)72-59-37-45-19-7-6-18-44(45)35-55(59)54-32-28-42-16-9-11-23-51(42)63(54)72/h1-39H. The zero-order valence-electron chi connectivity index (χ0n) is 39.2. The van der Waals surface area contributed by atoms with Gasteiger partial charge in [-0.15, -0.1) is 0 Å². The summed E-state index contributed by atoms with van der Waals surface area (Å²) in [6, 6.07) is 84.5. The molecule has 0 fully saturated rings. The number of aromatic nitrogens is 5. The third-order valence-electron chi connectivity index (χ3n) is 15.0. The summed E-state index contributed by atoms with van der Waals surface area (Å²) in [5, 5.41) is 15.9. The summed E-state index contributed by atoms with van der Waals surface area (Å²) in [5.74, 6) is 1.73. The van der Waals surface area contributed by atoms with Crippen LogP contribution in [-0.2, 0) is 0 Å². The predicted molar refractivity (Wildman–Crippen MR) is 302 cm³/mol. The quantitative estimate of drug-likeness (QED) is 0.173. The monoisotopic (exact) mass is 929 g/mol. The zero-order valence-corrected chi connectivity index (χ0v) is 39.2. The molecule has 0 unspecified atom stereocenters. The van der Waals surface area contributed by atoms with Crippen molar-refractivity contribution in [3.05, 3.63) is 237 Å². The van der Waals surface area contributed by atoms with Gasteiger partial charge in [-0.25, -0.2) is 15.0 Å². The van der Waals surface area contributed by atoms with E-state index in [0.29, 0.717) is 17.5 Å². The third kappa shape index (κ3) is 6.01. The second-order valence-corrected chi connectivity index (χ2v) is 19.2. The highest BCUT2D eigenvalue weighted by atomic mass is 16.3. The Morgan fingerprint density at radius 3 is 1.64 bits per heavy atom. The number of rotatable bonds is 5. The molecule has 0 saturated carbocycles. The van der Waals surface area contributed by atoms with Gasteiger partial charge in [-0.05, 0) is 98.4 Å². The number of para-hydroxylation sites is 2. The van der Waals surface area contributed by atoms with Crippen LogP contribution in [0.2, 0.25) is 0 Å². The van der Waals surface area contributed by atoms with E-state index in [2.05, 4.69) is 246 Å². The van der Waals surface area contributed by atoms with E-state index in [9.17, 15) is 0 Å². The lowest BCUT2D eigenvalue weighted by atomic mass is 10.0. The molecule has 0 atom stereocenters. The lowest BCUT2D eigenvalue weighted by Gasteiger charge is -2.14. The Bertz CT molecular complexity index is 4980. The topological polar surface area (TPSA) is 61.7 Å². The van der Waals surface area contributed by atoms with Crippen LogP contribution in [0.3, 0.4) is 0 Å². The number of nitrogens with zero attached hydrogens (tertiary/aromatic N) is 5. The first kappa shape index (κ1) is 39.9. The molecule has 12 aromatic carbocycles. The summed E-state index contributed by atoms with van der Waals surface area (Å²) in [6.07, 6.45) is 0. The van der Waals surface area contributed by atoms with Crippen LogP contribution in [0.25, 0.3) is 154 Å². The molecule has 0 aliphatic carbocycles. The van der Waals surface area contributed by atoms with Gasteiger partial charge in [-0.1, -0.05) is 176 Å². The van der Waals surface area contributed by atoms with E-state index < -0.39 is 0 Å². The lowest BCUT2D eigenvalue weighted by Crippen LogP contribution is -2.02. The second kappa shape index (κ2) is 15.3. The summed E-state index contributed by atoms with van der Waals surface area (Å²) in [5.41, 5.74) is 10.7. The van der Waals surface area contributed by atoms with Crippen molar-refractivity contribution in [2.45, 2.75) is 0 Å². The lowest BCUT2D eigenvalue weighted by molar-refractivity contribution is 0.666. The smallest absolute Gasteiger partial charge is 0.164 e. The van der Waals surface area contributed by atoms with Crippen molar-refractivity contribution in [1.29, 1.82) is 0 Å². The molecule has 0 radical (unpaired) electrons. The Hall–Kier alpha value is -9.91. The Morgan fingerprint density at radius 2 is 0.849 bits per heavy atom. The molecule has 6 nitrogen and oxygen atoms in total. The maximum absolute atomic E-state index is 7.17. The molecule has 0 amide bonds. The first-order chi connectivity index (χ1) is 36.2. The van der Waals surface area contributed by atoms with Crippen LogP contribution in [0, 0.1) is 0 Å². The number of hydrogen-bond donors (Lipinski definition) is 0. The highest BCUT2D eigenvalue weighted by Crippen LogP contribution is 2.45. The Balaban J connectivity index is 1.03. The van der Waals surface area contributed by atoms with E-state index in [0.717, 1.165) is 115 Å². The van der Waals surface area contributed by atoms with Crippen LogP contribution in [0.15, 0.2) is 241 Å². The molecule has 73 heavy (non-hydrogen) atoms. The molecule has 0 saturated heterocycles. The van der Waals surface area contributed by atoms with Gasteiger partial charge in [0.05, 0.1) is 27.8 Å². The van der Waals surface area contributed by atoms with Crippen molar-refractivity contribution in [2.24, 2.45) is 0 Å². The molecule has 6 heteroatoms. The van der Waals surface area contributed by atoms with Gasteiger partial charge in [-0.3, -0.25) is 0 Å². The molecule has 0 bridgehead atoms. The largest absolute Gasteiger partial charge is 0.454 e. The van der Waals surface area contributed by atoms with Crippen molar-refractivity contribution in [3.63, 3.8) is 0 Å². The predicted octanol–water partition coefficient (Wildman–Crippen LogP) is 17.6. The number of hydrogen-bond acceptors (Lipinski definition) is 4. The van der Waals surface area contributed by atoms with Gasteiger partial charge >= 0.3 is 0 Å². The number of furan rings is 1. The van der Waals surface area contributed by atoms with E-state index in [-0.39, 0.29) is 0 Å². The molecule has 0 spiro atoms. The minimum atomic E-state index is 0.561. The highest BCUT2D eigenvalue weighted by Gasteiger charge is 2.24. The van der Waals surface area contributed by atoms with Gasteiger partial charge in [0.1, 0.15) is 5.58 Å². The average Bonchev–Trinajstić information content (AvgIpc) is 4.12. The van der Waals surface area contributed by atoms with Crippen LogP contribution < -0.4 is 0 Å². The highest BCUT2D eigenvalue weighted by molar-refractivity contribution is 6.24. The van der Waals surface area contributed by atoms with Crippen LogP contribution in [0.1, 0.15) is 0 Å². The van der Waals surface area contributed by atoms with Gasteiger partial charge in [0.25, 0.3) is 0 Å². The van der Waals surface area contributed by atoms with E-state index in [1.54, 1.807) is 0 Å². The minimum Gasteiger partial charge on any atom is -0.454 e. The maximum atomic E-state index is 7.17. The van der Waals surface area contributed by atoms with Crippen LogP contribution >= 0.6 is 0 Å². The summed E-state index contributed by atoms with van der Waals surface area (Å²) in [4.78, 5) is 16.4. The van der Waals surface area contributed by atoms with Gasteiger partial charge in [-0.2, -0.15) is 0 Å². The molecular formula is C67H39N5O. The summed E-state index contributed by atoms with van der Waals surface area (Å²) >= 11 is 0. The normalized spacial score (nSPS) is 12.1. The third-order valence-corrected chi connectivity index (χ3v) is 15.0. The van der Waals surface area contributed by atoms with Crippen molar-refractivity contribution in [1.82, 2.24) is 24.1 Å². The number of fused-ring (bicyclic) bond motifs is 15. The first-order valence-electron chi connectivity index (χ1n) is 24.7. The number of benzene rings is 12. The van der Waals surface area contributed by atoms with Crippen molar-refractivity contribution < 1.29 is 4.42 Å². The second-order valence-electron chi connectivity index (χ2n) is 19.2. The SMILES string of the molecule is c1ccc(-n2c3ccccc3c3ccc(-c4nc(-c5ccc6ccccc6c5)nc(-c5cc(-n6c7cc8ccccc8cc7c7ccc8ccccc8c76)c6oc7ccc8ccccc8c7c6c5)n4)cc32)cc1. The van der Waals surface area contributed by atoms with Gasteiger partial charge in [0.15, 0.2) is 23.1 Å². The maximum Gasteiger partial charge on any atom is 0.164 e. The molecule has 338 valence electrons. The average molecular weight is 930 g/mol. The Kier molecular flexibility index (Phi) is 8.36. The van der Waals surface area contributed by atoms with Crippen molar-refractivity contribution in [2.75, 3.05) is 0 Å². The Labute approximate surface area is 417 Å². The fourth-order valence-electron chi connectivity index (χ4n) is 11.7. The van der Waals surface area contributed by atoms with Gasteiger partial charge < -0.3 is 13.6 Å². The van der Waals surface area contributed by atoms with E-state index in [4.69, 9.17) is 19.4 Å². The van der Waals surface area contributed by atoms with Crippen LogP contribution in [0.5, 0.6) is 0 Å². The molecule has 4 aromatic heterocycles. The molecule has 0 aliphatic rings. The fraction of sp³-hybridized carbons (Fsp3) is 0. The summed E-state index contributed by atoms with van der Waals surface area (Å²) < 4.78 is 11.9. The van der Waals surface area contributed by atoms with Crippen molar-refractivity contribution >= 4 is 109 Å². The van der Waals surface area contributed by atoms with E-state index in [1.165, 1.54) is 21.5 Å². The molecule has 0 N–H and O–H groups in total. The Morgan fingerprint density at radius 1 is 0.301 bits per heavy atom. The summed E-state index contributed by atoms with van der Waals surface area (Å²) in [6.45, 7) is 0. The summed E-state index contributed by atoms with van der Waals surface area (Å²) in [7, 11) is 0. The van der Waals surface area contributed by atoms with E-state index in [1.807, 2.05) is 0 Å². The molecule has 0 aliphatic heterocycles. The van der Waals surface area contributed by atoms with Crippen LogP contribution in [-0.4, -0.2) is 24.1 Å². The van der Waals surface area contributed by atoms with Crippen molar-refractivity contribution in [3.8, 4) is 45.5 Å². The fourth-order valence-corrected chi connectivity index (χ4v) is 11.7. The van der Waals surface area contributed by atoms with Crippen LogP contribution in [0.4, 0.5) is 0 Å². The first-order valence-corrected chi connectivity index (χ1v) is 24.7. The molecule has 16 aromatic rings. The molecular weight excluding hydrogens is 891 g/mol. The van der Waals surface area contributed by atoms with Gasteiger partial charge in [0.2, 0.25) is 0 Å². The van der Waals surface area contributed by atoms with Gasteiger partial charge in [0, 0.05) is 60.1 Å². The molecule has 16 rings (SSSR count). The minimum absolute atomic E-state index is 0.561.